The predicted molar refractivity (Wildman–Crippen MR) is 160 cm³/mol. The van der Waals surface area contributed by atoms with E-state index in [9.17, 15) is 23.5 Å². The molecule has 2 heterocycles. The van der Waals surface area contributed by atoms with Gasteiger partial charge in [-0.1, -0.05) is 76.6 Å². The number of carbonyl (C=O) groups is 1. The maximum Gasteiger partial charge on any atom is 0.278 e. The molecule has 0 saturated carbocycles. The van der Waals surface area contributed by atoms with Crippen LogP contribution in [0.25, 0.3) is 0 Å². The van der Waals surface area contributed by atoms with Gasteiger partial charge in [0.2, 0.25) is 5.43 Å². The van der Waals surface area contributed by atoms with E-state index in [-0.39, 0.29) is 29.7 Å². The first-order chi connectivity index (χ1) is 20.2. The van der Waals surface area contributed by atoms with Gasteiger partial charge >= 0.3 is 0 Å². The molecule has 10 heteroatoms. The zero-order valence-corrected chi connectivity index (χ0v) is 24.7. The van der Waals surface area contributed by atoms with E-state index in [0.717, 1.165) is 17.7 Å². The lowest BCUT2D eigenvalue weighted by Gasteiger charge is -2.51. The van der Waals surface area contributed by atoms with Gasteiger partial charge in [-0.25, -0.2) is 8.78 Å². The van der Waals surface area contributed by atoms with Crippen molar-refractivity contribution >= 4 is 21.8 Å². The summed E-state index contributed by atoms with van der Waals surface area (Å²) in [5.74, 6) is -3.29. The van der Waals surface area contributed by atoms with Crippen molar-refractivity contribution in [2.24, 2.45) is 0 Å². The molecule has 0 spiro atoms. The zero-order valence-electron chi connectivity index (χ0n) is 23.1. The number of hydrogen-bond donors (Lipinski definition) is 1. The maximum atomic E-state index is 14.7. The van der Waals surface area contributed by atoms with Crippen LogP contribution < -0.4 is 15.2 Å². The quantitative estimate of drug-likeness (QED) is 0.224. The molecule has 7 nitrogen and oxygen atoms in total. The number of carbonyl (C=O) groups excluding carboxylic acids is 1. The second kappa shape index (κ2) is 12.4. The molecular weight excluding hydrogens is 608 g/mol. The minimum atomic E-state index is -1.18. The van der Waals surface area contributed by atoms with Crippen molar-refractivity contribution in [3.8, 4) is 11.5 Å². The normalized spacial score (nSPS) is 15.6. The molecule has 2 atom stereocenters. The van der Waals surface area contributed by atoms with Gasteiger partial charge in [0.15, 0.2) is 23.1 Å². The maximum absolute atomic E-state index is 14.7. The van der Waals surface area contributed by atoms with Gasteiger partial charge in [0.1, 0.15) is 24.6 Å². The SMILES string of the molecule is CC(C)N1C(=O)c2c(OCc3ccccc3)c(=O)ccn2N(C(c2ccccc2)c2cc(F)c(F)cc2O)C1CCBr. The summed E-state index contributed by atoms with van der Waals surface area (Å²) in [7, 11) is 0. The summed E-state index contributed by atoms with van der Waals surface area (Å²) in [4.78, 5) is 29.1. The largest absolute Gasteiger partial charge is 0.507 e. The lowest BCUT2D eigenvalue weighted by Crippen LogP contribution is -2.64. The van der Waals surface area contributed by atoms with Crippen molar-refractivity contribution in [1.82, 2.24) is 9.58 Å². The van der Waals surface area contributed by atoms with Crippen LogP contribution in [0.2, 0.25) is 0 Å². The van der Waals surface area contributed by atoms with Crippen molar-refractivity contribution in [2.45, 2.75) is 45.1 Å². The average molecular weight is 639 g/mol. The molecule has 0 aliphatic carbocycles. The number of rotatable bonds is 9. The van der Waals surface area contributed by atoms with Crippen LogP contribution >= 0.6 is 15.9 Å². The molecular formula is C32H30BrF2N3O4. The van der Waals surface area contributed by atoms with Gasteiger partial charge in [0.05, 0.1) is 0 Å². The van der Waals surface area contributed by atoms with Gasteiger partial charge < -0.3 is 14.7 Å². The van der Waals surface area contributed by atoms with Gasteiger partial charge in [-0.2, -0.15) is 0 Å². The van der Waals surface area contributed by atoms with Crippen LogP contribution in [-0.4, -0.2) is 38.1 Å². The van der Waals surface area contributed by atoms with E-state index < -0.39 is 40.9 Å². The first-order valence-electron chi connectivity index (χ1n) is 13.6. The Balaban J connectivity index is 1.78. The standard InChI is InChI=1S/C32H30BrF2N3O4/c1-20(2)37-28(13-15-33)38(29(22-11-7-4-8-12-22)23-17-24(34)25(35)18-27(23)40)36-16-14-26(39)31(30(36)32(37)41)42-19-21-9-5-3-6-10-21/h3-12,14,16-18,20,28-29,40H,13,15,19H2,1-2H3. The Labute approximate surface area is 250 Å². The molecule has 4 aromatic rings. The van der Waals surface area contributed by atoms with E-state index in [4.69, 9.17) is 4.74 Å². The number of phenolic OH excluding ortho intramolecular Hbond substituents is 1. The van der Waals surface area contributed by atoms with Crippen LogP contribution in [0, 0.1) is 11.6 Å². The molecule has 0 bridgehead atoms. The Morgan fingerprint density at radius 1 is 0.952 bits per heavy atom. The number of phenols is 1. The fourth-order valence-electron chi connectivity index (χ4n) is 5.42. The van der Waals surface area contributed by atoms with Gasteiger partial charge in [-0.3, -0.25) is 19.3 Å². The fraction of sp³-hybridized carbons (Fsp3) is 0.250. The molecule has 42 heavy (non-hydrogen) atoms. The fourth-order valence-corrected chi connectivity index (χ4v) is 5.83. The molecule has 5 rings (SSSR count). The third-order valence-electron chi connectivity index (χ3n) is 7.24. The third kappa shape index (κ3) is 5.51. The molecule has 1 aromatic heterocycles. The highest BCUT2D eigenvalue weighted by atomic mass is 79.9. The van der Waals surface area contributed by atoms with Gasteiger partial charge in [0.25, 0.3) is 5.91 Å². The Bertz CT molecular complexity index is 1630. The number of ether oxygens (including phenoxy) is 1. The lowest BCUT2D eigenvalue weighted by atomic mass is 9.95. The first kappa shape index (κ1) is 29.3. The van der Waals surface area contributed by atoms with Crippen LogP contribution in [0.1, 0.15) is 53.5 Å². The van der Waals surface area contributed by atoms with Crippen LogP contribution in [0.3, 0.4) is 0 Å². The monoisotopic (exact) mass is 637 g/mol. The third-order valence-corrected chi connectivity index (χ3v) is 7.70. The lowest BCUT2D eigenvalue weighted by molar-refractivity contribution is 0.0455. The van der Waals surface area contributed by atoms with E-state index in [1.807, 2.05) is 67.4 Å². The molecule has 3 aromatic carbocycles. The topological polar surface area (TPSA) is 75.0 Å². The average Bonchev–Trinajstić information content (AvgIpc) is 2.97. The Morgan fingerprint density at radius 3 is 2.24 bits per heavy atom. The molecule has 1 aliphatic heterocycles. The number of benzene rings is 3. The van der Waals surface area contributed by atoms with E-state index in [1.165, 1.54) is 12.3 Å². The summed E-state index contributed by atoms with van der Waals surface area (Å²) in [6.07, 6.45) is 1.30. The smallest absolute Gasteiger partial charge is 0.278 e. The molecule has 2 unspecified atom stereocenters. The van der Waals surface area contributed by atoms with Gasteiger partial charge in [0, 0.05) is 35.3 Å². The predicted octanol–water partition coefficient (Wildman–Crippen LogP) is 6.11. The molecule has 1 amide bonds. The Morgan fingerprint density at radius 2 is 1.60 bits per heavy atom. The summed E-state index contributed by atoms with van der Waals surface area (Å²) in [5, 5.41) is 13.3. The van der Waals surface area contributed by atoms with E-state index in [2.05, 4.69) is 15.9 Å². The number of aromatic nitrogens is 1. The minimum absolute atomic E-state index is 0.000887. The van der Waals surface area contributed by atoms with Gasteiger partial charge in [-0.05, 0) is 37.5 Å². The summed E-state index contributed by atoms with van der Waals surface area (Å²) in [5.41, 5.74) is 1.08. The number of amides is 1. The van der Waals surface area contributed by atoms with Crippen molar-refractivity contribution in [3.05, 3.63) is 129 Å². The number of pyridine rings is 1. The molecule has 218 valence electrons. The summed E-state index contributed by atoms with van der Waals surface area (Å²) in [6.45, 7) is 3.79. The number of aromatic hydroxyl groups is 1. The number of fused-ring (bicyclic) bond motifs is 1. The summed E-state index contributed by atoms with van der Waals surface area (Å²) < 4.78 is 36.5. The molecule has 1 N–H and O–H groups in total. The van der Waals surface area contributed by atoms with Gasteiger partial charge in [-0.15, -0.1) is 0 Å². The second-order valence-corrected chi connectivity index (χ2v) is 11.1. The van der Waals surface area contributed by atoms with E-state index >= 15 is 0 Å². The van der Waals surface area contributed by atoms with Crippen molar-refractivity contribution in [2.75, 3.05) is 10.3 Å². The van der Waals surface area contributed by atoms with Crippen LogP contribution in [-0.2, 0) is 6.61 Å². The molecule has 0 fully saturated rings. The Hall–Kier alpha value is -4.18. The van der Waals surface area contributed by atoms with Crippen molar-refractivity contribution in [1.29, 1.82) is 0 Å². The number of alkyl halides is 1. The highest BCUT2D eigenvalue weighted by molar-refractivity contribution is 9.09. The number of hydrogen-bond acceptors (Lipinski definition) is 5. The van der Waals surface area contributed by atoms with Crippen molar-refractivity contribution < 1.29 is 23.4 Å². The number of nitrogens with zero attached hydrogens (tertiary/aromatic N) is 3. The van der Waals surface area contributed by atoms with Crippen LogP contribution in [0.15, 0.2) is 89.9 Å². The highest BCUT2D eigenvalue weighted by Crippen LogP contribution is 2.40. The van der Waals surface area contributed by atoms with Crippen molar-refractivity contribution in [3.63, 3.8) is 0 Å². The summed E-state index contributed by atoms with van der Waals surface area (Å²) >= 11 is 3.52. The molecule has 0 radical (unpaired) electrons. The zero-order chi connectivity index (χ0) is 30.0. The Kier molecular flexibility index (Phi) is 8.63. The van der Waals surface area contributed by atoms with E-state index in [1.54, 1.807) is 21.7 Å². The van der Waals surface area contributed by atoms with Crippen LogP contribution in [0.5, 0.6) is 11.5 Å². The first-order valence-corrected chi connectivity index (χ1v) is 14.7. The minimum Gasteiger partial charge on any atom is -0.507 e. The molecule has 0 saturated heterocycles. The van der Waals surface area contributed by atoms with Crippen LogP contribution in [0.4, 0.5) is 8.78 Å². The molecule has 1 aliphatic rings. The summed E-state index contributed by atoms with van der Waals surface area (Å²) in [6, 6.07) is 20.1. The number of halogens is 3. The van der Waals surface area contributed by atoms with E-state index in [0.29, 0.717) is 17.3 Å². The second-order valence-electron chi connectivity index (χ2n) is 10.3. The highest BCUT2D eigenvalue weighted by Gasteiger charge is 2.44.